The van der Waals surface area contributed by atoms with Gasteiger partial charge in [0.15, 0.2) is 0 Å². The number of rotatable bonds is 2. The number of hydrogen-bond acceptors (Lipinski definition) is 2. The molecule has 2 heterocycles. The molecular formula is C18H21N3O. The third-order valence-electron chi connectivity index (χ3n) is 4.11. The maximum Gasteiger partial charge on any atom is 0.322 e. The molecule has 1 saturated heterocycles. The van der Waals surface area contributed by atoms with Crippen molar-refractivity contribution in [3.05, 3.63) is 60.4 Å². The van der Waals surface area contributed by atoms with Crippen molar-refractivity contribution in [1.82, 2.24) is 9.88 Å². The predicted octanol–water partition coefficient (Wildman–Crippen LogP) is 4.23. The van der Waals surface area contributed by atoms with E-state index < -0.39 is 0 Å². The van der Waals surface area contributed by atoms with Gasteiger partial charge in [0.05, 0.1) is 17.9 Å². The first-order valence-corrected chi connectivity index (χ1v) is 7.87. The minimum Gasteiger partial charge on any atom is -0.317 e. The Morgan fingerprint density at radius 3 is 2.73 bits per heavy atom. The van der Waals surface area contributed by atoms with Crippen molar-refractivity contribution >= 4 is 11.7 Å². The molecule has 1 atom stereocenters. The third kappa shape index (κ3) is 3.45. The number of carbonyl (C=O) groups is 1. The van der Waals surface area contributed by atoms with E-state index >= 15 is 0 Å². The van der Waals surface area contributed by atoms with E-state index in [2.05, 4.69) is 22.4 Å². The molecule has 1 aliphatic rings. The molecule has 0 saturated carbocycles. The molecule has 114 valence electrons. The van der Waals surface area contributed by atoms with Crippen LogP contribution in [0.25, 0.3) is 0 Å². The largest absolute Gasteiger partial charge is 0.322 e. The van der Waals surface area contributed by atoms with Gasteiger partial charge in [-0.1, -0.05) is 43.2 Å². The molecule has 1 aliphatic heterocycles. The van der Waals surface area contributed by atoms with Gasteiger partial charge >= 0.3 is 6.03 Å². The maximum absolute atomic E-state index is 12.7. The topological polar surface area (TPSA) is 45.2 Å². The van der Waals surface area contributed by atoms with Crippen LogP contribution in [0.5, 0.6) is 0 Å². The van der Waals surface area contributed by atoms with E-state index in [0.29, 0.717) is 0 Å². The highest BCUT2D eigenvalue weighted by Crippen LogP contribution is 2.30. The van der Waals surface area contributed by atoms with Gasteiger partial charge in [-0.3, -0.25) is 4.98 Å². The van der Waals surface area contributed by atoms with E-state index in [-0.39, 0.29) is 12.1 Å². The molecule has 0 aliphatic carbocycles. The standard InChI is InChI=1S/C18H21N3O/c22-18(20-16-10-7-12-19-14-16)21-13-6-2-5-11-17(21)15-8-3-1-4-9-15/h1,3-4,7-10,12,14,17H,2,5-6,11,13H2,(H,20,22). The van der Waals surface area contributed by atoms with Crippen molar-refractivity contribution in [3.8, 4) is 0 Å². The Morgan fingerprint density at radius 2 is 1.95 bits per heavy atom. The van der Waals surface area contributed by atoms with Crippen molar-refractivity contribution < 1.29 is 4.79 Å². The Balaban J connectivity index is 1.80. The van der Waals surface area contributed by atoms with Gasteiger partial charge in [-0.25, -0.2) is 4.79 Å². The zero-order chi connectivity index (χ0) is 15.2. The van der Waals surface area contributed by atoms with Gasteiger partial charge in [0.1, 0.15) is 0 Å². The summed E-state index contributed by atoms with van der Waals surface area (Å²) in [5.74, 6) is 0. The molecule has 1 N–H and O–H groups in total. The zero-order valence-corrected chi connectivity index (χ0v) is 12.6. The minimum absolute atomic E-state index is 0.0382. The molecule has 2 amide bonds. The molecule has 0 radical (unpaired) electrons. The number of pyridine rings is 1. The van der Waals surface area contributed by atoms with Crippen LogP contribution in [0.2, 0.25) is 0 Å². The minimum atomic E-state index is -0.0382. The number of nitrogens with one attached hydrogen (secondary N) is 1. The first kappa shape index (κ1) is 14.6. The second-order valence-corrected chi connectivity index (χ2v) is 5.64. The fraction of sp³-hybridized carbons (Fsp3) is 0.333. The summed E-state index contributed by atoms with van der Waals surface area (Å²) in [4.78, 5) is 18.7. The summed E-state index contributed by atoms with van der Waals surface area (Å²) < 4.78 is 0. The summed E-state index contributed by atoms with van der Waals surface area (Å²) in [7, 11) is 0. The van der Waals surface area contributed by atoms with Gasteiger partial charge in [0.25, 0.3) is 0 Å². The average Bonchev–Trinajstić information content (AvgIpc) is 2.82. The maximum atomic E-state index is 12.7. The summed E-state index contributed by atoms with van der Waals surface area (Å²) >= 11 is 0. The molecule has 4 nitrogen and oxygen atoms in total. The van der Waals surface area contributed by atoms with Crippen LogP contribution in [0.4, 0.5) is 10.5 Å². The number of benzene rings is 1. The van der Waals surface area contributed by atoms with Gasteiger partial charge in [-0.15, -0.1) is 0 Å². The number of aromatic nitrogens is 1. The lowest BCUT2D eigenvalue weighted by Crippen LogP contribution is -2.38. The van der Waals surface area contributed by atoms with Gasteiger partial charge in [-0.2, -0.15) is 0 Å². The predicted molar refractivity (Wildman–Crippen MR) is 87.6 cm³/mol. The van der Waals surface area contributed by atoms with Gasteiger partial charge < -0.3 is 10.2 Å². The van der Waals surface area contributed by atoms with E-state index in [4.69, 9.17) is 0 Å². The molecule has 0 spiro atoms. The normalized spacial score (nSPS) is 18.5. The zero-order valence-electron chi connectivity index (χ0n) is 12.6. The van der Waals surface area contributed by atoms with E-state index in [0.717, 1.165) is 31.5 Å². The third-order valence-corrected chi connectivity index (χ3v) is 4.11. The van der Waals surface area contributed by atoms with Crippen molar-refractivity contribution in [3.63, 3.8) is 0 Å². The summed E-state index contributed by atoms with van der Waals surface area (Å²) in [6.07, 6.45) is 7.80. The van der Waals surface area contributed by atoms with Crippen molar-refractivity contribution in [2.24, 2.45) is 0 Å². The molecule has 3 rings (SSSR count). The van der Waals surface area contributed by atoms with E-state index in [1.165, 1.54) is 12.0 Å². The van der Waals surface area contributed by atoms with Crippen LogP contribution in [0, 0.1) is 0 Å². The smallest absolute Gasteiger partial charge is 0.317 e. The molecule has 4 heteroatoms. The van der Waals surface area contributed by atoms with Crippen molar-refractivity contribution in [2.75, 3.05) is 11.9 Å². The van der Waals surface area contributed by atoms with Crippen LogP contribution >= 0.6 is 0 Å². The molecule has 1 fully saturated rings. The first-order chi connectivity index (χ1) is 10.8. The Labute approximate surface area is 131 Å². The lowest BCUT2D eigenvalue weighted by molar-refractivity contribution is 0.189. The van der Waals surface area contributed by atoms with Gasteiger partial charge in [0.2, 0.25) is 0 Å². The molecule has 1 unspecified atom stereocenters. The number of anilines is 1. The Kier molecular flexibility index (Phi) is 4.68. The molecule has 1 aromatic heterocycles. The van der Waals surface area contributed by atoms with E-state index in [1.54, 1.807) is 12.4 Å². The number of likely N-dealkylation sites (tertiary alicyclic amines) is 1. The van der Waals surface area contributed by atoms with Gasteiger partial charge in [0, 0.05) is 12.7 Å². The number of carbonyl (C=O) groups excluding carboxylic acids is 1. The quantitative estimate of drug-likeness (QED) is 0.901. The molecule has 22 heavy (non-hydrogen) atoms. The summed E-state index contributed by atoms with van der Waals surface area (Å²) in [6.45, 7) is 0.797. The first-order valence-electron chi connectivity index (χ1n) is 7.87. The van der Waals surface area contributed by atoms with Crippen molar-refractivity contribution in [2.45, 2.75) is 31.7 Å². The van der Waals surface area contributed by atoms with Crippen molar-refractivity contribution in [1.29, 1.82) is 0 Å². The molecule has 0 bridgehead atoms. The fourth-order valence-corrected chi connectivity index (χ4v) is 3.01. The number of amides is 2. The Hall–Kier alpha value is -2.36. The summed E-state index contributed by atoms with van der Waals surface area (Å²) in [5.41, 5.74) is 1.95. The lowest BCUT2D eigenvalue weighted by atomic mass is 10.0. The Morgan fingerprint density at radius 1 is 1.09 bits per heavy atom. The molecule has 2 aromatic rings. The summed E-state index contributed by atoms with van der Waals surface area (Å²) in [6, 6.07) is 14.1. The van der Waals surface area contributed by atoms with Crippen LogP contribution < -0.4 is 5.32 Å². The number of hydrogen-bond donors (Lipinski definition) is 1. The van der Waals surface area contributed by atoms with E-state index in [9.17, 15) is 4.79 Å². The monoisotopic (exact) mass is 295 g/mol. The Bertz CT molecular complexity index is 600. The number of urea groups is 1. The van der Waals surface area contributed by atoms with Crippen LogP contribution in [-0.4, -0.2) is 22.5 Å². The second kappa shape index (κ2) is 7.07. The van der Waals surface area contributed by atoms with Gasteiger partial charge in [-0.05, 0) is 30.5 Å². The fourth-order valence-electron chi connectivity index (χ4n) is 3.01. The highest BCUT2D eigenvalue weighted by molar-refractivity contribution is 5.89. The van der Waals surface area contributed by atoms with Crippen LogP contribution in [0.15, 0.2) is 54.9 Å². The highest BCUT2D eigenvalue weighted by atomic mass is 16.2. The molecular weight excluding hydrogens is 274 g/mol. The SMILES string of the molecule is O=C(Nc1cccnc1)N1CCCCCC1c1ccccc1. The van der Waals surface area contributed by atoms with Crippen LogP contribution in [0.1, 0.15) is 37.3 Å². The molecule has 1 aromatic carbocycles. The lowest BCUT2D eigenvalue weighted by Gasteiger charge is -2.30. The summed E-state index contributed by atoms with van der Waals surface area (Å²) in [5, 5.41) is 2.96. The van der Waals surface area contributed by atoms with Crippen LogP contribution in [0.3, 0.4) is 0 Å². The number of nitrogens with zero attached hydrogens (tertiary/aromatic N) is 2. The average molecular weight is 295 g/mol. The highest BCUT2D eigenvalue weighted by Gasteiger charge is 2.26. The van der Waals surface area contributed by atoms with E-state index in [1.807, 2.05) is 35.2 Å². The van der Waals surface area contributed by atoms with Crippen LogP contribution in [-0.2, 0) is 0 Å². The second-order valence-electron chi connectivity index (χ2n) is 5.64.